The van der Waals surface area contributed by atoms with E-state index in [0.29, 0.717) is 0 Å². The van der Waals surface area contributed by atoms with Crippen molar-refractivity contribution in [3.05, 3.63) is 47.5 Å². The molecule has 2 saturated heterocycles. The molecule has 2 aliphatic heterocycles. The van der Waals surface area contributed by atoms with Crippen LogP contribution in [0, 0.1) is 0 Å². The first-order chi connectivity index (χ1) is 12.1. The molecule has 0 saturated carbocycles. The van der Waals surface area contributed by atoms with E-state index < -0.39 is 0 Å². The minimum Gasteiger partial charge on any atom is -0.497 e. The smallest absolute Gasteiger partial charge is 0.133 e. The summed E-state index contributed by atoms with van der Waals surface area (Å²) in [5.41, 5.74) is 2.00. The van der Waals surface area contributed by atoms with Gasteiger partial charge in [-0.2, -0.15) is 0 Å². The highest BCUT2D eigenvalue weighted by atomic mass is 16.6. The van der Waals surface area contributed by atoms with Gasteiger partial charge in [0.15, 0.2) is 0 Å². The summed E-state index contributed by atoms with van der Waals surface area (Å²) < 4.78 is 28.2. The first-order valence-electron chi connectivity index (χ1n) is 8.45. The molecule has 4 atom stereocenters. The van der Waals surface area contributed by atoms with Crippen LogP contribution in [0.3, 0.4) is 0 Å². The fourth-order valence-electron chi connectivity index (χ4n) is 3.08. The van der Waals surface area contributed by atoms with E-state index in [2.05, 4.69) is 0 Å². The largest absolute Gasteiger partial charge is 0.497 e. The third-order valence-electron chi connectivity index (χ3n) is 4.69. The first kappa shape index (κ1) is 16.2. The van der Waals surface area contributed by atoms with Gasteiger partial charge in [-0.05, 0) is 50.2 Å². The molecule has 5 heteroatoms. The highest BCUT2D eigenvalue weighted by molar-refractivity contribution is 5.49. The zero-order valence-electron chi connectivity index (χ0n) is 14.8. The summed E-state index contributed by atoms with van der Waals surface area (Å²) in [4.78, 5) is 0. The Balaban J connectivity index is 1.68. The van der Waals surface area contributed by atoms with E-state index in [0.717, 1.165) is 34.1 Å². The summed E-state index contributed by atoms with van der Waals surface area (Å²) in [5, 5.41) is 0. The summed E-state index contributed by atoms with van der Waals surface area (Å²) in [6, 6.07) is 11.6. The van der Waals surface area contributed by atoms with E-state index in [-0.39, 0.29) is 24.4 Å². The maximum absolute atomic E-state index is 6.27. The van der Waals surface area contributed by atoms with Crippen molar-refractivity contribution in [2.45, 2.75) is 38.3 Å². The van der Waals surface area contributed by atoms with Crippen molar-refractivity contribution in [2.24, 2.45) is 0 Å². The zero-order chi connectivity index (χ0) is 17.6. The van der Waals surface area contributed by atoms with E-state index in [1.807, 2.05) is 50.2 Å². The maximum atomic E-state index is 6.27. The molecule has 2 aromatic carbocycles. The minimum atomic E-state index is 0.0443. The molecule has 4 unspecified atom stereocenters. The number of benzene rings is 2. The van der Waals surface area contributed by atoms with E-state index in [1.54, 1.807) is 14.2 Å². The summed E-state index contributed by atoms with van der Waals surface area (Å²) in [7, 11) is 3.31. The van der Waals surface area contributed by atoms with Crippen molar-refractivity contribution in [1.82, 2.24) is 0 Å². The maximum Gasteiger partial charge on any atom is 0.133 e. The predicted octanol–water partition coefficient (Wildman–Crippen LogP) is 4.42. The molecule has 2 fully saturated rings. The van der Waals surface area contributed by atoms with Gasteiger partial charge in [0.2, 0.25) is 0 Å². The topological polar surface area (TPSA) is 52.8 Å². The molecule has 0 N–H and O–H groups in total. The fraction of sp³-hybridized carbons (Fsp3) is 0.400. The second-order valence-electron chi connectivity index (χ2n) is 6.43. The first-order valence-corrected chi connectivity index (χ1v) is 8.45. The summed E-state index contributed by atoms with van der Waals surface area (Å²) in [6.45, 7) is 4.10. The summed E-state index contributed by atoms with van der Waals surface area (Å²) in [6.07, 6.45) is 0.471. The van der Waals surface area contributed by atoms with Crippen LogP contribution in [0.1, 0.15) is 37.2 Å². The molecule has 132 valence electrons. The van der Waals surface area contributed by atoms with E-state index >= 15 is 0 Å². The molecule has 5 nitrogen and oxygen atoms in total. The summed E-state index contributed by atoms with van der Waals surface area (Å²) in [5.74, 6) is 3.13. The van der Waals surface area contributed by atoms with Crippen LogP contribution in [0.15, 0.2) is 36.4 Å². The molecular formula is C20H22O5. The molecule has 0 aliphatic carbocycles. The Kier molecular flexibility index (Phi) is 4.06. The fourth-order valence-corrected chi connectivity index (χ4v) is 3.08. The lowest BCUT2D eigenvalue weighted by Crippen LogP contribution is -1.97. The third kappa shape index (κ3) is 3.17. The lowest BCUT2D eigenvalue weighted by molar-refractivity contribution is 0.367. The highest BCUT2D eigenvalue weighted by Crippen LogP contribution is 2.48. The Hall–Kier alpha value is -2.24. The van der Waals surface area contributed by atoms with Crippen molar-refractivity contribution < 1.29 is 23.7 Å². The Morgan fingerprint density at radius 1 is 0.720 bits per heavy atom. The zero-order valence-corrected chi connectivity index (χ0v) is 14.8. The SMILES string of the molecule is COc1ccc(Oc2ccc(OC)cc2C2OC2C)c(C2OC2C)c1. The number of epoxide rings is 2. The van der Waals surface area contributed by atoms with Crippen LogP contribution in [0.25, 0.3) is 0 Å². The lowest BCUT2D eigenvalue weighted by Gasteiger charge is -2.15. The van der Waals surface area contributed by atoms with Gasteiger partial charge in [-0.25, -0.2) is 0 Å². The molecular weight excluding hydrogens is 320 g/mol. The van der Waals surface area contributed by atoms with Gasteiger partial charge in [0.05, 0.1) is 26.4 Å². The molecule has 0 amide bonds. The van der Waals surface area contributed by atoms with Crippen molar-refractivity contribution in [2.75, 3.05) is 14.2 Å². The molecule has 2 heterocycles. The number of methoxy groups -OCH3 is 2. The molecule has 25 heavy (non-hydrogen) atoms. The number of rotatable bonds is 6. The summed E-state index contributed by atoms with van der Waals surface area (Å²) >= 11 is 0. The predicted molar refractivity (Wildman–Crippen MR) is 92.6 cm³/mol. The molecule has 0 spiro atoms. The standard InChI is InChI=1S/C20H22O5/c1-11-19(23-11)15-9-13(21-3)5-7-17(15)25-18-8-6-14(22-4)10-16(18)20-12(2)24-20/h5-12,19-20H,1-4H3. The van der Waals surface area contributed by atoms with Gasteiger partial charge >= 0.3 is 0 Å². The van der Waals surface area contributed by atoms with Gasteiger partial charge in [0, 0.05) is 11.1 Å². The Morgan fingerprint density at radius 2 is 1.12 bits per heavy atom. The Labute approximate surface area is 147 Å². The average molecular weight is 342 g/mol. The average Bonchev–Trinajstić information content (AvgIpc) is 3.54. The van der Waals surface area contributed by atoms with Crippen LogP contribution in [-0.4, -0.2) is 26.4 Å². The second-order valence-corrected chi connectivity index (χ2v) is 6.43. The Morgan fingerprint density at radius 3 is 1.44 bits per heavy atom. The number of hydrogen-bond acceptors (Lipinski definition) is 5. The monoisotopic (exact) mass is 342 g/mol. The third-order valence-corrected chi connectivity index (χ3v) is 4.69. The minimum absolute atomic E-state index is 0.0443. The van der Waals surface area contributed by atoms with Gasteiger partial charge in [-0.1, -0.05) is 0 Å². The molecule has 0 aromatic heterocycles. The van der Waals surface area contributed by atoms with Crippen LogP contribution >= 0.6 is 0 Å². The quantitative estimate of drug-likeness (QED) is 0.728. The van der Waals surface area contributed by atoms with Crippen molar-refractivity contribution in [3.63, 3.8) is 0 Å². The second kappa shape index (κ2) is 6.24. The van der Waals surface area contributed by atoms with Crippen LogP contribution in [0.5, 0.6) is 23.0 Å². The highest BCUT2D eigenvalue weighted by Gasteiger charge is 2.40. The molecule has 2 aromatic rings. The van der Waals surface area contributed by atoms with Crippen LogP contribution in [-0.2, 0) is 9.47 Å². The molecule has 4 rings (SSSR count). The van der Waals surface area contributed by atoms with Gasteiger partial charge in [0.25, 0.3) is 0 Å². The van der Waals surface area contributed by atoms with Gasteiger partial charge in [-0.3, -0.25) is 0 Å². The number of hydrogen-bond donors (Lipinski definition) is 0. The van der Waals surface area contributed by atoms with E-state index in [1.165, 1.54) is 0 Å². The van der Waals surface area contributed by atoms with Crippen molar-refractivity contribution in [3.8, 4) is 23.0 Å². The van der Waals surface area contributed by atoms with Crippen molar-refractivity contribution >= 4 is 0 Å². The lowest BCUT2D eigenvalue weighted by atomic mass is 10.1. The number of ether oxygens (including phenoxy) is 5. The van der Waals surface area contributed by atoms with Crippen LogP contribution in [0.4, 0.5) is 0 Å². The molecule has 2 aliphatic rings. The van der Waals surface area contributed by atoms with E-state index in [9.17, 15) is 0 Å². The Bertz CT molecular complexity index is 722. The van der Waals surface area contributed by atoms with Gasteiger partial charge in [0.1, 0.15) is 35.2 Å². The van der Waals surface area contributed by atoms with Crippen molar-refractivity contribution in [1.29, 1.82) is 0 Å². The normalized spacial score (nSPS) is 26.9. The van der Waals surface area contributed by atoms with E-state index in [4.69, 9.17) is 23.7 Å². The van der Waals surface area contributed by atoms with Gasteiger partial charge < -0.3 is 23.7 Å². The van der Waals surface area contributed by atoms with Crippen LogP contribution in [0.2, 0.25) is 0 Å². The van der Waals surface area contributed by atoms with Gasteiger partial charge in [-0.15, -0.1) is 0 Å². The molecule has 0 radical (unpaired) electrons. The van der Waals surface area contributed by atoms with Crippen LogP contribution < -0.4 is 14.2 Å². The molecule has 0 bridgehead atoms.